The molecule has 1 heterocycles. The summed E-state index contributed by atoms with van der Waals surface area (Å²) in [5, 5.41) is 7.11. The molecule has 6 nitrogen and oxygen atoms in total. The Hall–Kier alpha value is -3.28. The molecule has 180 valence electrons. The molecule has 34 heavy (non-hydrogen) atoms. The third-order valence-corrected chi connectivity index (χ3v) is 6.68. The summed E-state index contributed by atoms with van der Waals surface area (Å²) in [6.07, 6.45) is 1.26. The zero-order valence-corrected chi connectivity index (χ0v) is 20.8. The molecule has 0 saturated carbocycles. The number of rotatable bonds is 6. The summed E-state index contributed by atoms with van der Waals surface area (Å²) >= 11 is 0. The molecule has 4 rings (SSSR count). The van der Waals surface area contributed by atoms with E-state index in [-0.39, 0.29) is 23.2 Å². The number of fused-ring (bicyclic) bond motifs is 1. The second-order valence-corrected chi connectivity index (χ2v) is 9.78. The van der Waals surface area contributed by atoms with Crippen molar-refractivity contribution >= 4 is 28.8 Å². The van der Waals surface area contributed by atoms with E-state index >= 15 is 0 Å². The molecule has 1 unspecified atom stereocenters. The van der Waals surface area contributed by atoms with Gasteiger partial charge in [-0.05, 0) is 68.5 Å². The standard InChI is InChI=1S/C28H35N3O3/c1-6-31(7-2)20-12-9-18(10-13-20)26-25-23(16-28(4,5)17-24(25)32)29-22-15-19(27(33)34-8-3)11-14-21(22)30-26/h9-15,26,29-30H,6-8,16-17H2,1-5H3. The van der Waals surface area contributed by atoms with Gasteiger partial charge in [0.2, 0.25) is 0 Å². The molecular formula is C28H35N3O3. The SMILES string of the molecule is CCOC(=O)c1ccc2c(c1)NC1=C(C(=O)CC(C)(C)C1)C(c1ccc(N(CC)CC)cc1)N2. The Bertz CT molecular complexity index is 1110. The number of ketones is 1. The van der Waals surface area contributed by atoms with Crippen molar-refractivity contribution in [1.29, 1.82) is 0 Å². The van der Waals surface area contributed by atoms with E-state index in [1.165, 1.54) is 5.69 Å². The minimum absolute atomic E-state index is 0.136. The second kappa shape index (κ2) is 9.53. The first kappa shape index (κ1) is 23.9. The van der Waals surface area contributed by atoms with Crippen LogP contribution in [0.15, 0.2) is 53.7 Å². The van der Waals surface area contributed by atoms with Gasteiger partial charge in [0.1, 0.15) is 0 Å². The second-order valence-electron chi connectivity index (χ2n) is 9.78. The lowest BCUT2D eigenvalue weighted by molar-refractivity contribution is -0.118. The Morgan fingerprint density at radius 2 is 1.74 bits per heavy atom. The van der Waals surface area contributed by atoms with Crippen molar-refractivity contribution in [3.63, 3.8) is 0 Å². The average molecular weight is 462 g/mol. The lowest BCUT2D eigenvalue weighted by Crippen LogP contribution is -2.31. The number of hydrogen-bond donors (Lipinski definition) is 2. The zero-order chi connectivity index (χ0) is 24.5. The van der Waals surface area contributed by atoms with E-state index in [0.29, 0.717) is 18.6 Å². The van der Waals surface area contributed by atoms with Crippen LogP contribution in [-0.4, -0.2) is 31.4 Å². The quantitative estimate of drug-likeness (QED) is 0.520. The number of allylic oxidation sites excluding steroid dienone is 1. The van der Waals surface area contributed by atoms with Gasteiger partial charge in [-0.3, -0.25) is 4.79 Å². The highest BCUT2D eigenvalue weighted by atomic mass is 16.5. The van der Waals surface area contributed by atoms with Gasteiger partial charge < -0.3 is 20.3 Å². The van der Waals surface area contributed by atoms with Gasteiger partial charge in [-0.25, -0.2) is 4.79 Å². The van der Waals surface area contributed by atoms with Crippen molar-refractivity contribution in [2.45, 2.75) is 53.5 Å². The number of nitrogens with one attached hydrogen (secondary N) is 2. The number of Topliss-reactive ketones (excluding diaryl/α,β-unsaturated/α-hetero) is 1. The summed E-state index contributed by atoms with van der Waals surface area (Å²) in [6, 6.07) is 13.7. The number of hydrogen-bond acceptors (Lipinski definition) is 6. The maximum Gasteiger partial charge on any atom is 0.338 e. The molecule has 0 spiro atoms. The van der Waals surface area contributed by atoms with Gasteiger partial charge in [0.05, 0.1) is 29.6 Å². The Labute approximate surface area is 202 Å². The van der Waals surface area contributed by atoms with Gasteiger partial charge in [-0.15, -0.1) is 0 Å². The molecular weight excluding hydrogens is 426 g/mol. The highest BCUT2D eigenvalue weighted by Gasteiger charge is 2.38. The predicted octanol–water partition coefficient (Wildman–Crippen LogP) is 5.93. The maximum absolute atomic E-state index is 13.4. The molecule has 0 saturated heterocycles. The normalized spacial score (nSPS) is 18.7. The van der Waals surface area contributed by atoms with Crippen molar-refractivity contribution in [2.75, 3.05) is 35.2 Å². The zero-order valence-electron chi connectivity index (χ0n) is 20.8. The molecule has 1 aliphatic carbocycles. The number of carbonyl (C=O) groups is 2. The molecule has 0 bridgehead atoms. The van der Waals surface area contributed by atoms with Crippen molar-refractivity contribution in [1.82, 2.24) is 0 Å². The Balaban J connectivity index is 1.78. The van der Waals surface area contributed by atoms with E-state index in [2.05, 4.69) is 67.5 Å². The highest BCUT2D eigenvalue weighted by molar-refractivity contribution is 6.01. The Morgan fingerprint density at radius 1 is 1.03 bits per heavy atom. The fourth-order valence-electron chi connectivity index (χ4n) is 5.00. The van der Waals surface area contributed by atoms with E-state index in [0.717, 1.165) is 47.7 Å². The van der Waals surface area contributed by atoms with Crippen LogP contribution in [0.3, 0.4) is 0 Å². The summed E-state index contributed by atoms with van der Waals surface area (Å²) < 4.78 is 5.19. The third-order valence-electron chi connectivity index (χ3n) is 6.68. The largest absolute Gasteiger partial charge is 0.462 e. The molecule has 0 aromatic heterocycles. The number of nitrogens with zero attached hydrogens (tertiary/aromatic N) is 1. The van der Waals surface area contributed by atoms with Crippen LogP contribution in [0.5, 0.6) is 0 Å². The van der Waals surface area contributed by atoms with Crippen LogP contribution in [0.2, 0.25) is 0 Å². The lowest BCUT2D eigenvalue weighted by atomic mass is 9.73. The number of esters is 1. The first-order valence-corrected chi connectivity index (χ1v) is 12.2. The fourth-order valence-corrected chi connectivity index (χ4v) is 5.00. The first-order chi connectivity index (χ1) is 16.3. The average Bonchev–Trinajstić information content (AvgIpc) is 2.95. The summed E-state index contributed by atoms with van der Waals surface area (Å²) in [7, 11) is 0. The van der Waals surface area contributed by atoms with Crippen molar-refractivity contribution < 1.29 is 14.3 Å². The molecule has 0 amide bonds. The molecule has 2 aromatic rings. The Morgan fingerprint density at radius 3 is 2.38 bits per heavy atom. The van der Waals surface area contributed by atoms with Gasteiger partial charge in [0.25, 0.3) is 0 Å². The lowest BCUT2D eigenvalue weighted by Gasteiger charge is -2.34. The minimum Gasteiger partial charge on any atom is -0.462 e. The number of benzene rings is 2. The predicted molar refractivity (Wildman–Crippen MR) is 137 cm³/mol. The van der Waals surface area contributed by atoms with Crippen LogP contribution in [0.25, 0.3) is 0 Å². The Kier molecular flexibility index (Phi) is 6.69. The van der Waals surface area contributed by atoms with E-state index in [1.807, 2.05) is 12.1 Å². The summed E-state index contributed by atoms with van der Waals surface area (Å²) in [4.78, 5) is 28.1. The van der Waals surface area contributed by atoms with Gasteiger partial charge in [-0.1, -0.05) is 26.0 Å². The summed E-state index contributed by atoms with van der Waals surface area (Å²) in [6.45, 7) is 12.6. The summed E-state index contributed by atoms with van der Waals surface area (Å²) in [5.41, 5.74) is 5.90. The topological polar surface area (TPSA) is 70.7 Å². The third kappa shape index (κ3) is 4.67. The van der Waals surface area contributed by atoms with Gasteiger partial charge in [0.15, 0.2) is 5.78 Å². The van der Waals surface area contributed by atoms with Crippen molar-refractivity contribution in [3.05, 3.63) is 64.9 Å². The van der Waals surface area contributed by atoms with Crippen LogP contribution in [-0.2, 0) is 9.53 Å². The smallest absolute Gasteiger partial charge is 0.338 e. The maximum atomic E-state index is 13.4. The molecule has 2 N–H and O–H groups in total. The van der Waals surface area contributed by atoms with Crippen LogP contribution >= 0.6 is 0 Å². The van der Waals surface area contributed by atoms with Crippen LogP contribution < -0.4 is 15.5 Å². The monoisotopic (exact) mass is 461 g/mol. The molecule has 1 atom stereocenters. The molecule has 0 radical (unpaired) electrons. The highest BCUT2D eigenvalue weighted by Crippen LogP contribution is 2.45. The molecule has 0 fully saturated rings. The van der Waals surface area contributed by atoms with E-state index in [9.17, 15) is 9.59 Å². The van der Waals surface area contributed by atoms with Crippen LogP contribution in [0.1, 0.15) is 69.4 Å². The number of anilines is 3. The van der Waals surface area contributed by atoms with E-state index in [1.54, 1.807) is 13.0 Å². The first-order valence-electron chi connectivity index (χ1n) is 12.2. The molecule has 2 aliphatic rings. The van der Waals surface area contributed by atoms with Gasteiger partial charge >= 0.3 is 5.97 Å². The van der Waals surface area contributed by atoms with E-state index in [4.69, 9.17) is 4.74 Å². The van der Waals surface area contributed by atoms with Gasteiger partial charge in [0, 0.05) is 36.5 Å². The molecule has 6 heteroatoms. The fraction of sp³-hybridized carbons (Fsp3) is 0.429. The van der Waals surface area contributed by atoms with Crippen molar-refractivity contribution in [2.24, 2.45) is 5.41 Å². The summed E-state index contributed by atoms with van der Waals surface area (Å²) in [5.74, 6) is -0.198. The molecule has 1 aliphatic heterocycles. The molecule has 2 aromatic carbocycles. The van der Waals surface area contributed by atoms with E-state index < -0.39 is 0 Å². The van der Waals surface area contributed by atoms with Crippen LogP contribution in [0.4, 0.5) is 17.1 Å². The number of ether oxygens (including phenoxy) is 1. The van der Waals surface area contributed by atoms with Crippen LogP contribution in [0, 0.1) is 5.41 Å². The number of carbonyl (C=O) groups excluding carboxylic acids is 2. The van der Waals surface area contributed by atoms with Crippen molar-refractivity contribution in [3.8, 4) is 0 Å². The minimum atomic E-state index is -0.353. The van der Waals surface area contributed by atoms with Gasteiger partial charge in [-0.2, -0.15) is 0 Å².